The SMILES string of the molecule is CCC1CCN(c2ccc(CNC3CC3)cn2)CC1. The Labute approximate surface area is 116 Å². The number of piperidine rings is 1. The summed E-state index contributed by atoms with van der Waals surface area (Å²) < 4.78 is 0. The van der Waals surface area contributed by atoms with E-state index in [1.54, 1.807) is 0 Å². The Balaban J connectivity index is 1.53. The van der Waals surface area contributed by atoms with E-state index in [0.29, 0.717) is 0 Å². The zero-order valence-corrected chi connectivity index (χ0v) is 11.9. The van der Waals surface area contributed by atoms with Crippen LogP contribution in [-0.2, 0) is 6.54 Å². The van der Waals surface area contributed by atoms with Gasteiger partial charge < -0.3 is 10.2 Å². The minimum absolute atomic E-state index is 0.771. The molecule has 1 aliphatic carbocycles. The van der Waals surface area contributed by atoms with Gasteiger partial charge in [-0.25, -0.2) is 4.98 Å². The Morgan fingerprint density at radius 3 is 2.58 bits per heavy atom. The summed E-state index contributed by atoms with van der Waals surface area (Å²) in [5.41, 5.74) is 1.30. The van der Waals surface area contributed by atoms with Gasteiger partial charge in [0.05, 0.1) is 0 Å². The largest absolute Gasteiger partial charge is 0.357 e. The van der Waals surface area contributed by atoms with Crippen molar-refractivity contribution in [2.24, 2.45) is 5.92 Å². The second-order valence-corrected chi connectivity index (χ2v) is 6.02. The topological polar surface area (TPSA) is 28.2 Å². The molecule has 0 atom stereocenters. The van der Waals surface area contributed by atoms with E-state index in [1.165, 1.54) is 50.8 Å². The first-order valence-electron chi connectivity index (χ1n) is 7.78. The van der Waals surface area contributed by atoms with Crippen LogP contribution in [-0.4, -0.2) is 24.1 Å². The van der Waals surface area contributed by atoms with Crippen molar-refractivity contribution in [1.29, 1.82) is 0 Å². The fourth-order valence-electron chi connectivity index (χ4n) is 2.83. The van der Waals surface area contributed by atoms with Crippen molar-refractivity contribution >= 4 is 5.82 Å². The summed E-state index contributed by atoms with van der Waals surface area (Å²) in [6, 6.07) is 5.19. The molecule has 1 aromatic heterocycles. The van der Waals surface area contributed by atoms with Gasteiger partial charge in [0.25, 0.3) is 0 Å². The average molecular weight is 259 g/mol. The number of pyridine rings is 1. The number of aromatic nitrogens is 1. The second-order valence-electron chi connectivity index (χ2n) is 6.02. The lowest BCUT2D eigenvalue weighted by Gasteiger charge is -2.32. The number of anilines is 1. The van der Waals surface area contributed by atoms with Gasteiger partial charge in [-0.2, -0.15) is 0 Å². The maximum atomic E-state index is 4.64. The van der Waals surface area contributed by atoms with Crippen molar-refractivity contribution in [1.82, 2.24) is 10.3 Å². The van der Waals surface area contributed by atoms with Crippen LogP contribution in [0.15, 0.2) is 18.3 Å². The second kappa shape index (κ2) is 5.91. The van der Waals surface area contributed by atoms with Crippen LogP contribution in [0.5, 0.6) is 0 Å². The molecule has 2 fully saturated rings. The van der Waals surface area contributed by atoms with Crippen molar-refractivity contribution in [3.05, 3.63) is 23.9 Å². The minimum atomic E-state index is 0.771. The van der Waals surface area contributed by atoms with Gasteiger partial charge in [-0.1, -0.05) is 19.4 Å². The molecular weight excluding hydrogens is 234 g/mol. The van der Waals surface area contributed by atoms with E-state index in [2.05, 4.69) is 34.3 Å². The van der Waals surface area contributed by atoms with E-state index in [1.807, 2.05) is 6.20 Å². The van der Waals surface area contributed by atoms with Gasteiger partial charge in [-0.15, -0.1) is 0 Å². The third-order valence-corrected chi connectivity index (χ3v) is 4.50. The molecule has 104 valence electrons. The van der Waals surface area contributed by atoms with Crippen LogP contribution in [0.3, 0.4) is 0 Å². The number of hydrogen-bond acceptors (Lipinski definition) is 3. The first kappa shape index (κ1) is 12.9. The molecule has 0 unspecified atom stereocenters. The number of rotatable bonds is 5. The standard InChI is InChI=1S/C16H25N3/c1-2-13-7-9-19(10-8-13)16-6-3-14(12-18-16)11-17-15-4-5-15/h3,6,12-13,15,17H,2,4-5,7-11H2,1H3. The molecule has 2 heterocycles. The first-order valence-corrected chi connectivity index (χ1v) is 7.78. The first-order chi connectivity index (χ1) is 9.35. The zero-order chi connectivity index (χ0) is 13.1. The maximum absolute atomic E-state index is 4.64. The Kier molecular flexibility index (Phi) is 4.02. The van der Waals surface area contributed by atoms with E-state index in [0.717, 1.165) is 24.3 Å². The zero-order valence-electron chi connectivity index (χ0n) is 11.9. The molecule has 1 saturated heterocycles. The van der Waals surface area contributed by atoms with E-state index in [4.69, 9.17) is 0 Å². The molecule has 1 saturated carbocycles. The third-order valence-electron chi connectivity index (χ3n) is 4.50. The van der Waals surface area contributed by atoms with Crippen LogP contribution in [0.4, 0.5) is 5.82 Å². The van der Waals surface area contributed by atoms with Crippen molar-refractivity contribution in [3.63, 3.8) is 0 Å². The summed E-state index contributed by atoms with van der Waals surface area (Å²) in [5, 5.41) is 3.53. The van der Waals surface area contributed by atoms with Gasteiger partial charge in [0, 0.05) is 31.9 Å². The highest BCUT2D eigenvalue weighted by molar-refractivity contribution is 5.39. The van der Waals surface area contributed by atoms with E-state index >= 15 is 0 Å². The fourth-order valence-corrected chi connectivity index (χ4v) is 2.83. The van der Waals surface area contributed by atoms with Crippen molar-refractivity contribution in [2.75, 3.05) is 18.0 Å². The van der Waals surface area contributed by atoms with Crippen LogP contribution >= 0.6 is 0 Å². The van der Waals surface area contributed by atoms with Gasteiger partial charge >= 0.3 is 0 Å². The highest BCUT2D eigenvalue weighted by Gasteiger charge is 2.20. The van der Waals surface area contributed by atoms with Gasteiger partial charge in [0.1, 0.15) is 5.82 Å². The minimum Gasteiger partial charge on any atom is -0.357 e. The Morgan fingerprint density at radius 2 is 2.00 bits per heavy atom. The molecule has 1 aromatic rings. The monoisotopic (exact) mass is 259 g/mol. The molecule has 0 aromatic carbocycles. The molecule has 0 bridgehead atoms. The third kappa shape index (κ3) is 3.47. The molecule has 0 radical (unpaired) electrons. The lowest BCUT2D eigenvalue weighted by molar-refractivity contribution is 0.394. The lowest BCUT2D eigenvalue weighted by Crippen LogP contribution is -2.34. The molecule has 1 aliphatic heterocycles. The molecule has 0 amide bonds. The predicted octanol–water partition coefficient (Wildman–Crippen LogP) is 2.96. The molecule has 1 N–H and O–H groups in total. The van der Waals surface area contributed by atoms with Crippen LogP contribution in [0.1, 0.15) is 44.6 Å². The molecule has 0 spiro atoms. The predicted molar refractivity (Wildman–Crippen MR) is 79.3 cm³/mol. The molecule has 19 heavy (non-hydrogen) atoms. The van der Waals surface area contributed by atoms with Crippen molar-refractivity contribution < 1.29 is 0 Å². The fraction of sp³-hybridized carbons (Fsp3) is 0.688. The summed E-state index contributed by atoms with van der Waals surface area (Å²) in [5.74, 6) is 2.09. The van der Waals surface area contributed by atoms with Gasteiger partial charge in [0.15, 0.2) is 0 Å². The molecule has 3 rings (SSSR count). The van der Waals surface area contributed by atoms with Gasteiger partial charge in [-0.3, -0.25) is 0 Å². The Morgan fingerprint density at radius 1 is 1.21 bits per heavy atom. The summed E-state index contributed by atoms with van der Waals surface area (Å²) in [6.45, 7) is 5.62. The van der Waals surface area contributed by atoms with E-state index < -0.39 is 0 Å². The maximum Gasteiger partial charge on any atom is 0.128 e. The van der Waals surface area contributed by atoms with Gasteiger partial charge in [-0.05, 0) is 43.2 Å². The molecule has 3 heteroatoms. The summed E-state index contributed by atoms with van der Waals surface area (Å²) in [4.78, 5) is 7.07. The summed E-state index contributed by atoms with van der Waals surface area (Å²) >= 11 is 0. The van der Waals surface area contributed by atoms with Gasteiger partial charge in [0.2, 0.25) is 0 Å². The molecule has 2 aliphatic rings. The number of hydrogen-bond donors (Lipinski definition) is 1. The highest BCUT2D eigenvalue weighted by atomic mass is 15.2. The van der Waals surface area contributed by atoms with Crippen LogP contribution < -0.4 is 10.2 Å². The van der Waals surface area contributed by atoms with Crippen molar-refractivity contribution in [3.8, 4) is 0 Å². The van der Waals surface area contributed by atoms with Crippen LogP contribution in [0, 0.1) is 5.92 Å². The highest BCUT2D eigenvalue weighted by Crippen LogP contribution is 2.24. The van der Waals surface area contributed by atoms with E-state index in [-0.39, 0.29) is 0 Å². The summed E-state index contributed by atoms with van der Waals surface area (Å²) in [6.07, 6.45) is 8.70. The Bertz CT molecular complexity index is 389. The Hall–Kier alpha value is -1.09. The van der Waals surface area contributed by atoms with Crippen LogP contribution in [0.2, 0.25) is 0 Å². The lowest BCUT2D eigenvalue weighted by atomic mass is 9.94. The quantitative estimate of drug-likeness (QED) is 0.881. The van der Waals surface area contributed by atoms with Crippen LogP contribution in [0.25, 0.3) is 0 Å². The normalized spacial score (nSPS) is 20.8. The smallest absolute Gasteiger partial charge is 0.128 e. The molecular formula is C16H25N3. The summed E-state index contributed by atoms with van der Waals surface area (Å²) in [7, 11) is 0. The number of nitrogens with one attached hydrogen (secondary N) is 1. The number of nitrogens with zero attached hydrogens (tertiary/aromatic N) is 2. The molecule has 3 nitrogen and oxygen atoms in total. The van der Waals surface area contributed by atoms with E-state index in [9.17, 15) is 0 Å². The average Bonchev–Trinajstić information content (AvgIpc) is 3.30. The van der Waals surface area contributed by atoms with Crippen molar-refractivity contribution in [2.45, 2.75) is 51.6 Å².